The molecule has 0 saturated heterocycles. The lowest BCUT2D eigenvalue weighted by atomic mass is 9.97. The number of nitrogens with zero attached hydrogens (tertiary/aromatic N) is 1. The van der Waals surface area contributed by atoms with Crippen LogP contribution >= 0.6 is 0 Å². The van der Waals surface area contributed by atoms with Crippen LogP contribution in [0.15, 0.2) is 48.8 Å². The number of carboxylic acid groups (broad SMARTS) is 1. The van der Waals surface area contributed by atoms with Gasteiger partial charge in [0.2, 0.25) is 0 Å². The minimum Gasteiger partial charge on any atom is -0.481 e. The van der Waals surface area contributed by atoms with E-state index < -0.39 is 5.97 Å². The van der Waals surface area contributed by atoms with Crippen LogP contribution < -0.4 is 0 Å². The summed E-state index contributed by atoms with van der Waals surface area (Å²) >= 11 is 0. The van der Waals surface area contributed by atoms with Crippen LogP contribution in [-0.2, 0) is 11.2 Å². The topological polar surface area (TPSA) is 50.2 Å². The standard InChI is InChI=1S/C14H13NO2/c16-14(17)6-5-11-3-1-2-4-13(11)12-7-9-15-10-8-12/h1-4,7-10H,5-6H2,(H,16,17). The van der Waals surface area contributed by atoms with Crippen LogP contribution in [-0.4, -0.2) is 16.1 Å². The zero-order valence-corrected chi connectivity index (χ0v) is 9.34. The Bertz CT molecular complexity index is 509. The molecule has 1 aromatic heterocycles. The number of benzene rings is 1. The number of aliphatic carboxylic acids is 1. The van der Waals surface area contributed by atoms with Gasteiger partial charge in [-0.15, -0.1) is 0 Å². The molecule has 3 heteroatoms. The Labute approximate surface area is 99.8 Å². The van der Waals surface area contributed by atoms with Crippen LogP contribution in [0.4, 0.5) is 0 Å². The van der Waals surface area contributed by atoms with Gasteiger partial charge in [-0.1, -0.05) is 24.3 Å². The predicted molar refractivity (Wildman–Crippen MR) is 65.6 cm³/mol. The Morgan fingerprint density at radius 2 is 1.82 bits per heavy atom. The van der Waals surface area contributed by atoms with Gasteiger partial charge in [-0.2, -0.15) is 0 Å². The van der Waals surface area contributed by atoms with Gasteiger partial charge in [0, 0.05) is 18.8 Å². The summed E-state index contributed by atoms with van der Waals surface area (Å²) in [5.41, 5.74) is 3.21. The third kappa shape index (κ3) is 2.91. The Kier molecular flexibility index (Phi) is 3.50. The fourth-order valence-corrected chi connectivity index (χ4v) is 1.79. The molecule has 86 valence electrons. The maximum atomic E-state index is 10.6. The zero-order chi connectivity index (χ0) is 12.1. The van der Waals surface area contributed by atoms with Gasteiger partial charge in [-0.05, 0) is 35.2 Å². The summed E-state index contributed by atoms with van der Waals surface area (Å²) in [5, 5.41) is 8.73. The zero-order valence-electron chi connectivity index (χ0n) is 9.34. The summed E-state index contributed by atoms with van der Waals surface area (Å²) in [6, 6.07) is 11.7. The second-order valence-corrected chi connectivity index (χ2v) is 3.79. The summed E-state index contributed by atoms with van der Waals surface area (Å²) in [6.45, 7) is 0. The van der Waals surface area contributed by atoms with Crippen LogP contribution in [0.5, 0.6) is 0 Å². The Morgan fingerprint density at radius 1 is 1.12 bits per heavy atom. The molecule has 0 spiro atoms. The van der Waals surface area contributed by atoms with E-state index in [4.69, 9.17) is 5.11 Å². The molecular formula is C14H13NO2. The maximum absolute atomic E-state index is 10.6. The minimum atomic E-state index is -0.769. The largest absolute Gasteiger partial charge is 0.481 e. The van der Waals surface area contributed by atoms with Crippen molar-refractivity contribution >= 4 is 5.97 Å². The fraction of sp³-hybridized carbons (Fsp3) is 0.143. The highest BCUT2D eigenvalue weighted by atomic mass is 16.4. The second-order valence-electron chi connectivity index (χ2n) is 3.79. The van der Waals surface area contributed by atoms with E-state index in [-0.39, 0.29) is 6.42 Å². The summed E-state index contributed by atoms with van der Waals surface area (Å²) in [7, 11) is 0. The number of hydrogen-bond donors (Lipinski definition) is 1. The summed E-state index contributed by atoms with van der Waals surface area (Å²) < 4.78 is 0. The molecule has 0 bridgehead atoms. The van der Waals surface area contributed by atoms with Gasteiger partial charge in [0.1, 0.15) is 0 Å². The van der Waals surface area contributed by atoms with E-state index in [9.17, 15) is 4.79 Å². The molecule has 0 aliphatic carbocycles. The van der Waals surface area contributed by atoms with E-state index in [0.717, 1.165) is 16.7 Å². The molecule has 0 fully saturated rings. The molecule has 0 amide bonds. The summed E-state index contributed by atoms with van der Waals surface area (Å²) in [6.07, 6.45) is 4.18. The van der Waals surface area contributed by atoms with Crippen LogP contribution in [0.2, 0.25) is 0 Å². The Morgan fingerprint density at radius 3 is 2.53 bits per heavy atom. The number of aryl methyl sites for hydroxylation is 1. The molecule has 0 radical (unpaired) electrons. The lowest BCUT2D eigenvalue weighted by Crippen LogP contribution is -1.98. The van der Waals surface area contributed by atoms with Crippen molar-refractivity contribution in [3.63, 3.8) is 0 Å². The van der Waals surface area contributed by atoms with Crippen molar-refractivity contribution in [3.8, 4) is 11.1 Å². The first-order chi connectivity index (χ1) is 8.27. The van der Waals surface area contributed by atoms with Crippen LogP contribution in [0, 0.1) is 0 Å². The monoisotopic (exact) mass is 227 g/mol. The first-order valence-electron chi connectivity index (χ1n) is 5.47. The molecule has 17 heavy (non-hydrogen) atoms. The van der Waals surface area contributed by atoms with E-state index in [2.05, 4.69) is 4.98 Å². The first kappa shape index (κ1) is 11.3. The minimum absolute atomic E-state index is 0.155. The molecule has 0 unspecified atom stereocenters. The highest BCUT2D eigenvalue weighted by Crippen LogP contribution is 2.23. The highest BCUT2D eigenvalue weighted by molar-refractivity contribution is 5.70. The molecule has 1 N–H and O–H groups in total. The van der Waals surface area contributed by atoms with Crippen LogP contribution in [0.1, 0.15) is 12.0 Å². The smallest absolute Gasteiger partial charge is 0.303 e. The van der Waals surface area contributed by atoms with Crippen molar-refractivity contribution < 1.29 is 9.90 Å². The van der Waals surface area contributed by atoms with Gasteiger partial charge in [0.05, 0.1) is 0 Å². The van der Waals surface area contributed by atoms with E-state index in [1.807, 2.05) is 36.4 Å². The van der Waals surface area contributed by atoms with E-state index in [0.29, 0.717) is 6.42 Å². The molecule has 1 heterocycles. The molecule has 0 aliphatic heterocycles. The van der Waals surface area contributed by atoms with E-state index in [1.165, 1.54) is 0 Å². The van der Waals surface area contributed by atoms with Crippen molar-refractivity contribution in [3.05, 3.63) is 54.4 Å². The second kappa shape index (κ2) is 5.25. The van der Waals surface area contributed by atoms with Gasteiger partial charge < -0.3 is 5.11 Å². The lowest BCUT2D eigenvalue weighted by Gasteiger charge is -2.08. The molecule has 2 aromatic rings. The maximum Gasteiger partial charge on any atom is 0.303 e. The summed E-state index contributed by atoms with van der Waals surface area (Å²) in [5.74, 6) is -0.769. The lowest BCUT2D eigenvalue weighted by molar-refractivity contribution is -0.136. The Balaban J connectivity index is 2.31. The van der Waals surface area contributed by atoms with Crippen molar-refractivity contribution in [1.82, 2.24) is 4.98 Å². The number of pyridine rings is 1. The van der Waals surface area contributed by atoms with Gasteiger partial charge >= 0.3 is 5.97 Å². The van der Waals surface area contributed by atoms with Gasteiger partial charge in [-0.3, -0.25) is 9.78 Å². The molecular weight excluding hydrogens is 214 g/mol. The van der Waals surface area contributed by atoms with E-state index >= 15 is 0 Å². The molecule has 0 atom stereocenters. The molecule has 0 saturated carbocycles. The van der Waals surface area contributed by atoms with Crippen molar-refractivity contribution in [2.24, 2.45) is 0 Å². The molecule has 0 aliphatic rings. The SMILES string of the molecule is O=C(O)CCc1ccccc1-c1ccncc1. The number of hydrogen-bond acceptors (Lipinski definition) is 2. The molecule has 2 rings (SSSR count). The number of aromatic nitrogens is 1. The number of rotatable bonds is 4. The van der Waals surface area contributed by atoms with Crippen LogP contribution in [0.3, 0.4) is 0 Å². The predicted octanol–water partition coefficient (Wildman–Crippen LogP) is 2.77. The third-order valence-electron chi connectivity index (χ3n) is 2.62. The van der Waals surface area contributed by atoms with Gasteiger partial charge in [-0.25, -0.2) is 0 Å². The van der Waals surface area contributed by atoms with Gasteiger partial charge in [0.25, 0.3) is 0 Å². The first-order valence-corrected chi connectivity index (χ1v) is 5.47. The number of carbonyl (C=O) groups is 1. The molecule has 1 aromatic carbocycles. The molecule has 3 nitrogen and oxygen atoms in total. The van der Waals surface area contributed by atoms with Crippen LogP contribution in [0.25, 0.3) is 11.1 Å². The average Bonchev–Trinajstić information content (AvgIpc) is 2.38. The highest BCUT2D eigenvalue weighted by Gasteiger charge is 2.06. The van der Waals surface area contributed by atoms with Crippen molar-refractivity contribution in [1.29, 1.82) is 0 Å². The average molecular weight is 227 g/mol. The normalized spacial score (nSPS) is 10.1. The van der Waals surface area contributed by atoms with Crippen molar-refractivity contribution in [2.75, 3.05) is 0 Å². The van der Waals surface area contributed by atoms with Gasteiger partial charge in [0.15, 0.2) is 0 Å². The quantitative estimate of drug-likeness (QED) is 0.873. The Hall–Kier alpha value is -2.16. The number of carboxylic acids is 1. The summed E-state index contributed by atoms with van der Waals surface area (Å²) in [4.78, 5) is 14.6. The fourth-order valence-electron chi connectivity index (χ4n) is 1.79. The van der Waals surface area contributed by atoms with E-state index in [1.54, 1.807) is 12.4 Å². The third-order valence-corrected chi connectivity index (χ3v) is 2.62. The van der Waals surface area contributed by atoms with Crippen molar-refractivity contribution in [2.45, 2.75) is 12.8 Å².